The maximum atomic E-state index is 13.0. The van der Waals surface area contributed by atoms with Gasteiger partial charge in [0.25, 0.3) is 11.8 Å². The highest BCUT2D eigenvalue weighted by atomic mass is 32.1. The first kappa shape index (κ1) is 18.8. The van der Waals surface area contributed by atoms with Crippen LogP contribution in [0.3, 0.4) is 0 Å². The number of thiocarbonyl (C=S) groups is 1. The summed E-state index contributed by atoms with van der Waals surface area (Å²) in [4.78, 5) is 24.0. The number of rotatable bonds is 2. The van der Waals surface area contributed by atoms with E-state index in [0.717, 1.165) is 12.1 Å². The van der Waals surface area contributed by atoms with E-state index in [-0.39, 0.29) is 10.7 Å². The molecule has 0 atom stereocenters. The molecule has 0 bridgehead atoms. The Hall–Kier alpha value is -2.94. The molecule has 5 nitrogen and oxygen atoms in total. The number of aromatic nitrogens is 1. The normalized spacial score (nSPS) is 14.9. The van der Waals surface area contributed by atoms with E-state index in [1.54, 1.807) is 30.5 Å². The Morgan fingerprint density at radius 3 is 2.30 bits per heavy atom. The van der Waals surface area contributed by atoms with Gasteiger partial charge in [-0.25, -0.2) is 0 Å². The Labute approximate surface area is 157 Å². The summed E-state index contributed by atoms with van der Waals surface area (Å²) in [6.45, 7) is 3.42. The lowest BCUT2D eigenvalue weighted by Crippen LogP contribution is -2.51. The molecule has 0 unspecified atom stereocenters. The Bertz CT molecular complexity index is 984. The summed E-state index contributed by atoms with van der Waals surface area (Å²) in [5.74, 6) is -1.26. The molecule has 9 heteroatoms. The van der Waals surface area contributed by atoms with Crippen molar-refractivity contribution in [3.05, 3.63) is 58.4 Å². The minimum absolute atomic E-state index is 0.0726. The SMILES string of the molecule is Cc1cc(C=C2C(=O)NC(=S)NC2=O)c(C)n1-c1cccc(C(F)(F)F)c1. The summed E-state index contributed by atoms with van der Waals surface area (Å²) >= 11 is 4.75. The van der Waals surface area contributed by atoms with E-state index < -0.39 is 23.6 Å². The predicted octanol–water partition coefficient (Wildman–Crippen LogP) is 3.03. The molecule has 27 heavy (non-hydrogen) atoms. The molecule has 2 N–H and O–H groups in total. The molecule has 0 spiro atoms. The van der Waals surface area contributed by atoms with Crippen LogP contribution in [0.5, 0.6) is 0 Å². The topological polar surface area (TPSA) is 63.1 Å². The maximum Gasteiger partial charge on any atom is 0.416 e. The van der Waals surface area contributed by atoms with Gasteiger partial charge in [0.1, 0.15) is 5.57 Å². The zero-order valence-corrected chi connectivity index (χ0v) is 15.1. The van der Waals surface area contributed by atoms with Gasteiger partial charge in [0, 0.05) is 17.1 Å². The largest absolute Gasteiger partial charge is 0.416 e. The number of amides is 2. The van der Waals surface area contributed by atoms with Gasteiger partial charge < -0.3 is 4.57 Å². The second-order valence-corrected chi connectivity index (χ2v) is 6.41. The van der Waals surface area contributed by atoms with Crippen LogP contribution in [0.25, 0.3) is 11.8 Å². The molecule has 1 aromatic heterocycles. The van der Waals surface area contributed by atoms with Crippen LogP contribution in [0.15, 0.2) is 35.9 Å². The first-order valence-electron chi connectivity index (χ1n) is 7.83. The Kier molecular flexibility index (Phi) is 4.64. The Morgan fingerprint density at radius 1 is 1.07 bits per heavy atom. The minimum atomic E-state index is -4.45. The first-order valence-corrected chi connectivity index (χ1v) is 8.23. The van der Waals surface area contributed by atoms with Gasteiger partial charge in [-0.2, -0.15) is 13.2 Å². The molecule has 2 amide bonds. The van der Waals surface area contributed by atoms with Crippen molar-refractivity contribution in [2.45, 2.75) is 20.0 Å². The van der Waals surface area contributed by atoms with Crippen molar-refractivity contribution in [1.29, 1.82) is 0 Å². The van der Waals surface area contributed by atoms with Crippen LogP contribution in [0.4, 0.5) is 13.2 Å². The third-order valence-electron chi connectivity index (χ3n) is 4.15. The molecule has 0 aliphatic carbocycles. The van der Waals surface area contributed by atoms with Gasteiger partial charge in [-0.3, -0.25) is 20.2 Å². The highest BCUT2D eigenvalue weighted by Gasteiger charge is 2.31. The number of halogens is 3. The number of hydrogen-bond donors (Lipinski definition) is 2. The van der Waals surface area contributed by atoms with Crippen molar-refractivity contribution in [3.63, 3.8) is 0 Å². The molecule has 1 aliphatic heterocycles. The summed E-state index contributed by atoms with van der Waals surface area (Å²) in [7, 11) is 0. The second-order valence-electron chi connectivity index (χ2n) is 6.01. The van der Waals surface area contributed by atoms with Gasteiger partial charge in [-0.05, 0) is 62.0 Å². The summed E-state index contributed by atoms with van der Waals surface area (Å²) in [6, 6.07) is 6.63. The molecule has 0 saturated carbocycles. The average Bonchev–Trinajstić information content (AvgIpc) is 2.84. The number of nitrogens with zero attached hydrogens (tertiary/aromatic N) is 1. The summed E-state index contributed by atoms with van der Waals surface area (Å²) < 4.78 is 40.6. The zero-order valence-electron chi connectivity index (χ0n) is 14.3. The van der Waals surface area contributed by atoms with E-state index in [1.165, 1.54) is 12.1 Å². The maximum absolute atomic E-state index is 13.0. The summed E-state index contributed by atoms with van der Waals surface area (Å²) in [6.07, 6.45) is -3.06. The molecular formula is C18H14F3N3O2S. The van der Waals surface area contributed by atoms with Crippen molar-refractivity contribution >= 4 is 35.2 Å². The fourth-order valence-corrected chi connectivity index (χ4v) is 3.10. The van der Waals surface area contributed by atoms with Crippen LogP contribution in [0.2, 0.25) is 0 Å². The number of benzene rings is 1. The highest BCUT2D eigenvalue weighted by Crippen LogP contribution is 2.31. The van der Waals surface area contributed by atoms with Crippen molar-refractivity contribution in [1.82, 2.24) is 15.2 Å². The monoisotopic (exact) mass is 393 g/mol. The number of nitrogens with one attached hydrogen (secondary N) is 2. The van der Waals surface area contributed by atoms with Crippen molar-refractivity contribution in [2.75, 3.05) is 0 Å². The molecule has 2 heterocycles. The van der Waals surface area contributed by atoms with Gasteiger partial charge in [-0.15, -0.1) is 0 Å². The molecule has 0 radical (unpaired) electrons. The molecule has 140 valence electrons. The third kappa shape index (κ3) is 3.63. The van der Waals surface area contributed by atoms with Gasteiger partial charge in [0.2, 0.25) is 0 Å². The van der Waals surface area contributed by atoms with E-state index >= 15 is 0 Å². The van der Waals surface area contributed by atoms with E-state index in [1.807, 2.05) is 0 Å². The molecule has 3 rings (SSSR count). The number of aryl methyl sites for hydroxylation is 1. The predicted molar refractivity (Wildman–Crippen MR) is 97.1 cm³/mol. The lowest BCUT2D eigenvalue weighted by atomic mass is 10.1. The second kappa shape index (κ2) is 6.66. The molecule has 1 aliphatic rings. The van der Waals surface area contributed by atoms with Crippen molar-refractivity contribution in [2.24, 2.45) is 0 Å². The van der Waals surface area contributed by atoms with E-state index in [2.05, 4.69) is 10.6 Å². The van der Waals surface area contributed by atoms with Crippen LogP contribution >= 0.6 is 12.2 Å². The van der Waals surface area contributed by atoms with Gasteiger partial charge in [0.15, 0.2) is 5.11 Å². The van der Waals surface area contributed by atoms with Gasteiger partial charge in [0.05, 0.1) is 5.56 Å². The molecule has 1 saturated heterocycles. The number of hydrogen-bond acceptors (Lipinski definition) is 3. The first-order chi connectivity index (χ1) is 12.6. The molecule has 2 aromatic rings. The lowest BCUT2D eigenvalue weighted by Gasteiger charge is -2.16. The van der Waals surface area contributed by atoms with Gasteiger partial charge in [-0.1, -0.05) is 6.07 Å². The number of carbonyl (C=O) groups is 2. The van der Waals surface area contributed by atoms with E-state index in [9.17, 15) is 22.8 Å². The Balaban J connectivity index is 2.06. The average molecular weight is 393 g/mol. The van der Waals surface area contributed by atoms with Gasteiger partial charge >= 0.3 is 6.18 Å². The zero-order chi connectivity index (χ0) is 19.9. The van der Waals surface area contributed by atoms with Crippen LogP contribution in [-0.2, 0) is 15.8 Å². The van der Waals surface area contributed by atoms with E-state index in [4.69, 9.17) is 12.2 Å². The quantitative estimate of drug-likeness (QED) is 0.468. The summed E-state index contributed by atoms with van der Waals surface area (Å²) in [5.41, 5.74) is 1.24. The van der Waals surface area contributed by atoms with E-state index in [0.29, 0.717) is 22.6 Å². The van der Waals surface area contributed by atoms with Crippen LogP contribution in [0, 0.1) is 13.8 Å². The highest BCUT2D eigenvalue weighted by molar-refractivity contribution is 7.80. The lowest BCUT2D eigenvalue weighted by molar-refractivity contribution is -0.137. The Morgan fingerprint density at radius 2 is 1.70 bits per heavy atom. The van der Waals surface area contributed by atoms with Crippen LogP contribution in [-0.4, -0.2) is 21.5 Å². The standard InChI is InChI=1S/C18H14F3N3O2S/c1-9-6-11(7-14-15(25)22-17(27)23-16(14)26)10(2)24(9)13-5-3-4-12(8-13)18(19,20)21/h3-8H,1-2H3,(H2,22,23,25,26,27). The van der Waals surface area contributed by atoms with Crippen molar-refractivity contribution in [3.8, 4) is 5.69 Å². The fourth-order valence-electron chi connectivity index (χ4n) is 2.91. The van der Waals surface area contributed by atoms with Crippen LogP contribution in [0.1, 0.15) is 22.5 Å². The molecule has 1 aromatic carbocycles. The fraction of sp³-hybridized carbons (Fsp3) is 0.167. The number of carbonyl (C=O) groups excluding carboxylic acids is 2. The summed E-state index contributed by atoms with van der Waals surface area (Å²) in [5, 5.41) is 4.60. The molecular weight excluding hydrogens is 379 g/mol. The third-order valence-corrected chi connectivity index (χ3v) is 4.35. The van der Waals surface area contributed by atoms with Crippen molar-refractivity contribution < 1.29 is 22.8 Å². The smallest absolute Gasteiger partial charge is 0.318 e. The molecule has 1 fully saturated rings. The van der Waals surface area contributed by atoms with Crippen LogP contribution < -0.4 is 10.6 Å². The minimum Gasteiger partial charge on any atom is -0.318 e. The number of alkyl halides is 3.